The van der Waals surface area contributed by atoms with Crippen LogP contribution in [0.3, 0.4) is 0 Å². The van der Waals surface area contributed by atoms with Crippen molar-refractivity contribution < 1.29 is 18.0 Å². The Balaban J connectivity index is 2.93. The molecule has 6 heteroatoms. The summed E-state index contributed by atoms with van der Waals surface area (Å²) in [4.78, 5) is 10.6. The first kappa shape index (κ1) is 13.5. The molecule has 17 heavy (non-hydrogen) atoms. The number of hydrogen-bond donors (Lipinski definition) is 2. The normalized spacial score (nSPS) is 13.4. The molecule has 0 saturated carbocycles. The fraction of sp³-hybridized carbons (Fsp3) is 0.364. The van der Waals surface area contributed by atoms with Crippen LogP contribution in [0.5, 0.6) is 0 Å². The number of alkyl halides is 3. The molecule has 0 aliphatic carbocycles. The van der Waals surface area contributed by atoms with Gasteiger partial charge in [-0.2, -0.15) is 13.2 Å². The molecule has 94 valence electrons. The topological polar surface area (TPSA) is 55.1 Å². The van der Waals surface area contributed by atoms with E-state index in [1.54, 1.807) is 6.92 Å². The third-order valence-corrected chi connectivity index (χ3v) is 2.32. The second-order valence-corrected chi connectivity index (χ2v) is 3.65. The SMILES string of the molecule is CC(NCC(N)=O)c1ccccc1C(F)(F)F. The van der Waals surface area contributed by atoms with Gasteiger partial charge < -0.3 is 11.1 Å². The summed E-state index contributed by atoms with van der Waals surface area (Å²) >= 11 is 0. The van der Waals surface area contributed by atoms with Gasteiger partial charge in [-0.25, -0.2) is 0 Å². The number of carbonyl (C=O) groups excluding carboxylic acids is 1. The van der Waals surface area contributed by atoms with Crippen molar-refractivity contribution in [1.29, 1.82) is 0 Å². The average molecular weight is 246 g/mol. The Hall–Kier alpha value is -1.56. The molecule has 0 radical (unpaired) electrons. The highest BCUT2D eigenvalue weighted by molar-refractivity contribution is 5.75. The molecule has 0 aliphatic heterocycles. The molecule has 1 aromatic carbocycles. The van der Waals surface area contributed by atoms with Gasteiger partial charge in [0.2, 0.25) is 5.91 Å². The quantitative estimate of drug-likeness (QED) is 0.851. The van der Waals surface area contributed by atoms with Gasteiger partial charge in [-0.1, -0.05) is 18.2 Å². The van der Waals surface area contributed by atoms with Crippen LogP contribution in [0.2, 0.25) is 0 Å². The molecule has 1 unspecified atom stereocenters. The second kappa shape index (κ2) is 5.18. The summed E-state index contributed by atoms with van der Waals surface area (Å²) in [6.45, 7) is 1.39. The number of nitrogens with one attached hydrogen (secondary N) is 1. The van der Waals surface area contributed by atoms with E-state index in [2.05, 4.69) is 5.32 Å². The second-order valence-electron chi connectivity index (χ2n) is 3.65. The molecule has 1 rings (SSSR count). The highest BCUT2D eigenvalue weighted by Crippen LogP contribution is 2.34. The lowest BCUT2D eigenvalue weighted by atomic mass is 10.0. The minimum atomic E-state index is -4.40. The van der Waals surface area contributed by atoms with Gasteiger partial charge in [-0.05, 0) is 18.6 Å². The molecular weight excluding hydrogens is 233 g/mol. The Morgan fingerprint density at radius 3 is 2.53 bits per heavy atom. The third-order valence-electron chi connectivity index (χ3n) is 2.32. The van der Waals surface area contributed by atoms with Crippen molar-refractivity contribution in [1.82, 2.24) is 5.32 Å². The van der Waals surface area contributed by atoms with E-state index < -0.39 is 23.7 Å². The number of rotatable bonds is 4. The van der Waals surface area contributed by atoms with Crippen molar-refractivity contribution >= 4 is 5.91 Å². The van der Waals surface area contributed by atoms with Crippen molar-refractivity contribution in [2.24, 2.45) is 5.73 Å². The molecule has 0 saturated heterocycles. The van der Waals surface area contributed by atoms with Gasteiger partial charge in [-0.3, -0.25) is 4.79 Å². The summed E-state index contributed by atoms with van der Waals surface area (Å²) < 4.78 is 38.1. The lowest BCUT2D eigenvalue weighted by Crippen LogP contribution is -2.31. The Morgan fingerprint density at radius 2 is 2.00 bits per heavy atom. The lowest BCUT2D eigenvalue weighted by Gasteiger charge is -2.18. The Bertz CT molecular complexity index is 404. The van der Waals surface area contributed by atoms with Gasteiger partial charge in [-0.15, -0.1) is 0 Å². The fourth-order valence-electron chi connectivity index (χ4n) is 1.50. The van der Waals surface area contributed by atoms with Crippen LogP contribution in [0.25, 0.3) is 0 Å². The van der Waals surface area contributed by atoms with Crippen LogP contribution < -0.4 is 11.1 Å². The number of hydrogen-bond acceptors (Lipinski definition) is 2. The van der Waals surface area contributed by atoms with Crippen LogP contribution in [-0.4, -0.2) is 12.5 Å². The predicted molar refractivity (Wildman–Crippen MR) is 57.1 cm³/mol. The van der Waals surface area contributed by atoms with Crippen LogP contribution in [0.4, 0.5) is 13.2 Å². The van der Waals surface area contributed by atoms with E-state index in [9.17, 15) is 18.0 Å². The van der Waals surface area contributed by atoms with Gasteiger partial charge in [0, 0.05) is 6.04 Å². The maximum Gasteiger partial charge on any atom is 0.416 e. The summed E-state index contributed by atoms with van der Waals surface area (Å²) in [5.41, 5.74) is 4.31. The van der Waals surface area contributed by atoms with Gasteiger partial charge in [0.1, 0.15) is 0 Å². The minimum Gasteiger partial charge on any atom is -0.369 e. The number of carbonyl (C=O) groups is 1. The summed E-state index contributed by atoms with van der Waals surface area (Å²) in [6.07, 6.45) is -4.40. The summed E-state index contributed by atoms with van der Waals surface area (Å²) in [6, 6.07) is 4.64. The molecule has 1 amide bonds. The maximum absolute atomic E-state index is 12.7. The summed E-state index contributed by atoms with van der Waals surface area (Å²) in [5.74, 6) is -0.610. The first-order valence-corrected chi connectivity index (χ1v) is 5.00. The third kappa shape index (κ3) is 3.74. The molecule has 0 fully saturated rings. The van der Waals surface area contributed by atoms with E-state index in [0.717, 1.165) is 6.07 Å². The highest BCUT2D eigenvalue weighted by atomic mass is 19.4. The number of amides is 1. The molecule has 3 nitrogen and oxygen atoms in total. The molecule has 1 atom stereocenters. The van der Waals surface area contributed by atoms with E-state index in [-0.39, 0.29) is 12.1 Å². The van der Waals surface area contributed by atoms with Crippen molar-refractivity contribution in [2.45, 2.75) is 19.1 Å². The van der Waals surface area contributed by atoms with E-state index in [1.165, 1.54) is 18.2 Å². The minimum absolute atomic E-state index is 0.0984. The highest BCUT2D eigenvalue weighted by Gasteiger charge is 2.33. The molecule has 1 aromatic rings. The van der Waals surface area contributed by atoms with E-state index >= 15 is 0 Å². The van der Waals surface area contributed by atoms with Gasteiger partial charge >= 0.3 is 6.18 Å². The van der Waals surface area contributed by atoms with Crippen LogP contribution in [0.1, 0.15) is 24.1 Å². The number of halogens is 3. The molecule has 3 N–H and O–H groups in total. The van der Waals surface area contributed by atoms with Gasteiger partial charge in [0.25, 0.3) is 0 Å². The largest absolute Gasteiger partial charge is 0.416 e. The average Bonchev–Trinajstić information content (AvgIpc) is 2.24. The first-order chi connectivity index (χ1) is 7.82. The monoisotopic (exact) mass is 246 g/mol. The van der Waals surface area contributed by atoms with Crippen molar-refractivity contribution in [2.75, 3.05) is 6.54 Å². The zero-order chi connectivity index (χ0) is 13.1. The maximum atomic E-state index is 12.7. The first-order valence-electron chi connectivity index (χ1n) is 5.00. The number of nitrogens with two attached hydrogens (primary N) is 1. The lowest BCUT2D eigenvalue weighted by molar-refractivity contribution is -0.138. The summed E-state index contributed by atoms with van der Waals surface area (Å²) in [5, 5.41) is 2.64. The van der Waals surface area contributed by atoms with Crippen LogP contribution in [-0.2, 0) is 11.0 Å². The van der Waals surface area contributed by atoms with Gasteiger partial charge in [0.15, 0.2) is 0 Å². The fourth-order valence-corrected chi connectivity index (χ4v) is 1.50. The molecular formula is C11H13F3N2O. The van der Waals surface area contributed by atoms with Crippen LogP contribution in [0.15, 0.2) is 24.3 Å². The van der Waals surface area contributed by atoms with Gasteiger partial charge in [0.05, 0.1) is 12.1 Å². The van der Waals surface area contributed by atoms with Crippen LogP contribution in [0, 0.1) is 0 Å². The number of primary amides is 1. The van der Waals surface area contributed by atoms with E-state index in [4.69, 9.17) is 5.73 Å². The van der Waals surface area contributed by atoms with Crippen molar-refractivity contribution in [3.8, 4) is 0 Å². The van der Waals surface area contributed by atoms with Crippen molar-refractivity contribution in [3.63, 3.8) is 0 Å². The van der Waals surface area contributed by atoms with Crippen molar-refractivity contribution in [3.05, 3.63) is 35.4 Å². The standard InChI is InChI=1S/C11H13F3N2O/c1-7(16-6-10(15)17)8-4-2-3-5-9(8)11(12,13)14/h2-5,7,16H,6H2,1H3,(H2,15,17). The zero-order valence-electron chi connectivity index (χ0n) is 9.21. The smallest absolute Gasteiger partial charge is 0.369 e. The molecule has 0 spiro atoms. The Kier molecular flexibility index (Phi) is 4.11. The van der Waals surface area contributed by atoms with E-state index in [1.807, 2.05) is 0 Å². The van der Waals surface area contributed by atoms with E-state index in [0.29, 0.717) is 0 Å². The molecule has 0 aliphatic rings. The zero-order valence-corrected chi connectivity index (χ0v) is 9.21. The van der Waals surface area contributed by atoms with Crippen LogP contribution >= 0.6 is 0 Å². The Labute approximate surface area is 96.8 Å². The molecule has 0 heterocycles. The molecule has 0 bridgehead atoms. The Morgan fingerprint density at radius 1 is 1.41 bits per heavy atom. The number of benzene rings is 1. The predicted octanol–water partition coefficient (Wildman–Crippen LogP) is 1.84. The summed E-state index contributed by atoms with van der Waals surface area (Å²) in [7, 11) is 0. The molecule has 0 aromatic heterocycles.